The van der Waals surface area contributed by atoms with Gasteiger partial charge >= 0.3 is 6.18 Å². The second kappa shape index (κ2) is 6.87. The molecule has 1 aromatic carbocycles. The van der Waals surface area contributed by atoms with Gasteiger partial charge in [0.25, 0.3) is 5.91 Å². The first-order chi connectivity index (χ1) is 11.9. The summed E-state index contributed by atoms with van der Waals surface area (Å²) < 4.78 is 41.2. The highest BCUT2D eigenvalue weighted by Crippen LogP contribution is 2.33. The first kappa shape index (κ1) is 17.5. The summed E-state index contributed by atoms with van der Waals surface area (Å²) in [5.74, 6) is -0.661. The average molecular weight is 353 g/mol. The molecule has 0 unspecified atom stereocenters. The van der Waals surface area contributed by atoms with E-state index in [4.69, 9.17) is 0 Å². The molecule has 25 heavy (non-hydrogen) atoms. The molecule has 0 bridgehead atoms. The maximum atomic E-state index is 13.1. The summed E-state index contributed by atoms with van der Waals surface area (Å²) in [7, 11) is 0. The van der Waals surface area contributed by atoms with Crippen LogP contribution in [0.4, 0.5) is 13.2 Å². The summed E-state index contributed by atoms with van der Waals surface area (Å²) in [6, 6.07) is 4.54. The van der Waals surface area contributed by atoms with Crippen LogP contribution in [0.5, 0.6) is 0 Å². The molecule has 0 saturated carbocycles. The van der Waals surface area contributed by atoms with Crippen LogP contribution >= 0.6 is 0 Å². The Morgan fingerprint density at radius 2 is 1.92 bits per heavy atom. The van der Waals surface area contributed by atoms with Gasteiger partial charge in [0.2, 0.25) is 0 Å². The fraction of sp³-hybridized carbons (Fsp3) is 0.412. The van der Waals surface area contributed by atoms with E-state index in [1.54, 1.807) is 23.3 Å². The number of nitrogens with zero attached hydrogens (tertiary/aromatic N) is 3. The summed E-state index contributed by atoms with van der Waals surface area (Å²) in [6.45, 7) is 0.475. The lowest BCUT2D eigenvalue weighted by Gasteiger charge is -2.22. The fourth-order valence-electron chi connectivity index (χ4n) is 3.18. The van der Waals surface area contributed by atoms with E-state index in [1.807, 2.05) is 0 Å². The molecule has 1 aromatic heterocycles. The summed E-state index contributed by atoms with van der Waals surface area (Å²) in [6.07, 6.45) is 0.372. The topological polar surface area (TPSA) is 58.4 Å². The summed E-state index contributed by atoms with van der Waals surface area (Å²) in [4.78, 5) is 18.0. The molecule has 1 N–H and O–H groups in total. The van der Waals surface area contributed by atoms with E-state index in [0.29, 0.717) is 12.8 Å². The zero-order valence-corrected chi connectivity index (χ0v) is 13.4. The van der Waals surface area contributed by atoms with E-state index < -0.39 is 23.8 Å². The van der Waals surface area contributed by atoms with Crippen molar-refractivity contribution < 1.29 is 23.1 Å². The molecule has 5 nitrogen and oxygen atoms in total. The molecule has 0 aliphatic carbocycles. The quantitative estimate of drug-likeness (QED) is 0.903. The number of amides is 1. The van der Waals surface area contributed by atoms with E-state index in [1.165, 1.54) is 23.1 Å². The van der Waals surface area contributed by atoms with Gasteiger partial charge in [0.15, 0.2) is 0 Å². The van der Waals surface area contributed by atoms with Gasteiger partial charge in [0.05, 0.1) is 29.6 Å². The minimum absolute atomic E-state index is 0.206. The number of rotatable bonds is 2. The van der Waals surface area contributed by atoms with Gasteiger partial charge in [0.1, 0.15) is 0 Å². The third kappa shape index (κ3) is 3.68. The Labute approximate surface area is 142 Å². The van der Waals surface area contributed by atoms with Crippen LogP contribution < -0.4 is 0 Å². The highest BCUT2D eigenvalue weighted by atomic mass is 19.4. The minimum Gasteiger partial charge on any atom is -0.391 e. The Balaban J connectivity index is 1.80. The molecule has 1 saturated heterocycles. The van der Waals surface area contributed by atoms with E-state index >= 15 is 0 Å². The first-order valence-electron chi connectivity index (χ1n) is 7.99. The van der Waals surface area contributed by atoms with Crippen molar-refractivity contribution in [3.05, 3.63) is 54.1 Å². The highest BCUT2D eigenvalue weighted by molar-refractivity contribution is 5.96. The van der Waals surface area contributed by atoms with Crippen LogP contribution in [0.1, 0.15) is 34.8 Å². The molecule has 2 heterocycles. The molecule has 2 atom stereocenters. The van der Waals surface area contributed by atoms with E-state index in [0.717, 1.165) is 6.07 Å². The first-order valence-corrected chi connectivity index (χ1v) is 7.99. The van der Waals surface area contributed by atoms with Crippen molar-refractivity contribution in [2.24, 2.45) is 0 Å². The van der Waals surface area contributed by atoms with Crippen molar-refractivity contribution >= 4 is 5.91 Å². The van der Waals surface area contributed by atoms with Crippen molar-refractivity contribution in [2.45, 2.75) is 31.2 Å². The Hall–Kier alpha value is -2.35. The summed E-state index contributed by atoms with van der Waals surface area (Å²) >= 11 is 0. The fourth-order valence-corrected chi connectivity index (χ4v) is 3.18. The number of imidazole rings is 1. The SMILES string of the molecule is O=C(c1ccccc1C(F)(F)F)N1CC[C@H](O)[C@@H](n2ccnc2)CC1. The van der Waals surface area contributed by atoms with Gasteiger partial charge in [0, 0.05) is 25.5 Å². The van der Waals surface area contributed by atoms with Crippen LogP contribution in [-0.2, 0) is 6.18 Å². The molecule has 3 rings (SSSR count). The lowest BCUT2D eigenvalue weighted by molar-refractivity contribution is -0.138. The zero-order valence-electron chi connectivity index (χ0n) is 13.4. The number of benzene rings is 1. The van der Waals surface area contributed by atoms with Crippen LogP contribution in [0.25, 0.3) is 0 Å². The third-order valence-corrected chi connectivity index (χ3v) is 4.49. The average Bonchev–Trinajstić information content (AvgIpc) is 3.03. The number of likely N-dealkylation sites (tertiary alicyclic amines) is 1. The van der Waals surface area contributed by atoms with E-state index in [2.05, 4.69) is 4.98 Å². The molecule has 1 aliphatic rings. The number of aliphatic hydroxyl groups is 1. The van der Waals surface area contributed by atoms with Gasteiger partial charge in [-0.15, -0.1) is 0 Å². The van der Waals surface area contributed by atoms with Crippen LogP contribution in [0, 0.1) is 0 Å². The van der Waals surface area contributed by atoms with Crippen LogP contribution in [0.3, 0.4) is 0 Å². The van der Waals surface area contributed by atoms with Gasteiger partial charge in [-0.1, -0.05) is 12.1 Å². The maximum Gasteiger partial charge on any atom is 0.417 e. The molecule has 1 aliphatic heterocycles. The van der Waals surface area contributed by atoms with Crippen molar-refractivity contribution in [3.63, 3.8) is 0 Å². The third-order valence-electron chi connectivity index (χ3n) is 4.49. The number of hydrogen-bond acceptors (Lipinski definition) is 3. The lowest BCUT2D eigenvalue weighted by atomic mass is 10.1. The molecule has 1 fully saturated rings. The Morgan fingerprint density at radius 3 is 2.60 bits per heavy atom. The molecular formula is C17H18F3N3O2. The molecule has 1 amide bonds. The molecule has 8 heteroatoms. The number of carbonyl (C=O) groups is 1. The van der Waals surface area contributed by atoms with Crippen LogP contribution in [0.2, 0.25) is 0 Å². The van der Waals surface area contributed by atoms with Crippen molar-refractivity contribution in [3.8, 4) is 0 Å². The second-order valence-corrected chi connectivity index (χ2v) is 6.06. The van der Waals surface area contributed by atoms with Gasteiger partial charge in [-0.3, -0.25) is 4.79 Å². The Bertz CT molecular complexity index is 731. The number of hydrogen-bond donors (Lipinski definition) is 1. The smallest absolute Gasteiger partial charge is 0.391 e. The van der Waals surface area contributed by atoms with Crippen molar-refractivity contribution in [1.82, 2.24) is 14.5 Å². The minimum atomic E-state index is -4.59. The normalized spacial score (nSPS) is 21.8. The number of aromatic nitrogens is 2. The molecule has 2 aromatic rings. The largest absolute Gasteiger partial charge is 0.417 e. The van der Waals surface area contributed by atoms with E-state index in [-0.39, 0.29) is 24.7 Å². The van der Waals surface area contributed by atoms with Gasteiger partial charge in [-0.25, -0.2) is 4.98 Å². The highest BCUT2D eigenvalue weighted by Gasteiger charge is 2.36. The molecule has 134 valence electrons. The molecule has 0 radical (unpaired) electrons. The number of alkyl halides is 3. The van der Waals surface area contributed by atoms with Crippen LogP contribution in [-0.4, -0.2) is 44.7 Å². The van der Waals surface area contributed by atoms with Gasteiger partial charge < -0.3 is 14.6 Å². The maximum absolute atomic E-state index is 13.1. The van der Waals surface area contributed by atoms with E-state index in [9.17, 15) is 23.1 Å². The Morgan fingerprint density at radius 1 is 1.20 bits per heavy atom. The number of aliphatic hydroxyl groups excluding tert-OH is 1. The number of carbonyl (C=O) groups excluding carboxylic acids is 1. The van der Waals surface area contributed by atoms with Crippen molar-refractivity contribution in [1.29, 1.82) is 0 Å². The summed E-state index contributed by atoms with van der Waals surface area (Å²) in [5, 5.41) is 10.3. The predicted molar refractivity (Wildman–Crippen MR) is 83.9 cm³/mol. The monoisotopic (exact) mass is 353 g/mol. The van der Waals surface area contributed by atoms with Crippen LogP contribution in [0.15, 0.2) is 43.0 Å². The van der Waals surface area contributed by atoms with Gasteiger partial charge in [-0.2, -0.15) is 13.2 Å². The Kier molecular flexibility index (Phi) is 4.80. The molecule has 0 spiro atoms. The predicted octanol–water partition coefficient (Wildman–Crippen LogP) is 2.74. The second-order valence-electron chi connectivity index (χ2n) is 6.06. The standard InChI is InChI=1S/C17H18F3N3O2/c18-17(19,20)13-4-2-1-3-12(13)16(25)22-8-5-14(15(24)6-9-22)23-10-7-21-11-23/h1-4,7,10-11,14-15,24H,5-6,8-9H2/t14-,15-/m0/s1. The summed E-state index contributed by atoms with van der Waals surface area (Å²) in [5.41, 5.74) is -1.29. The molecular weight excluding hydrogens is 335 g/mol. The van der Waals surface area contributed by atoms with Gasteiger partial charge in [-0.05, 0) is 25.0 Å². The van der Waals surface area contributed by atoms with Crippen molar-refractivity contribution in [2.75, 3.05) is 13.1 Å². The number of halogens is 3. The lowest BCUT2D eigenvalue weighted by Crippen LogP contribution is -2.33. The zero-order chi connectivity index (χ0) is 18.0.